The first-order valence-corrected chi connectivity index (χ1v) is 8.23. The lowest BCUT2D eigenvalue weighted by atomic mass is 9.99. The van der Waals surface area contributed by atoms with Crippen LogP contribution < -0.4 is 5.56 Å². The lowest BCUT2D eigenvalue weighted by Gasteiger charge is -2.21. The van der Waals surface area contributed by atoms with Crippen molar-refractivity contribution in [2.45, 2.75) is 25.9 Å². The Morgan fingerprint density at radius 3 is 2.85 bits per heavy atom. The predicted molar refractivity (Wildman–Crippen MR) is 91.2 cm³/mol. The van der Waals surface area contributed by atoms with Gasteiger partial charge < -0.3 is 19.5 Å². The Morgan fingerprint density at radius 1 is 1.23 bits per heavy atom. The zero-order valence-electron chi connectivity index (χ0n) is 13.6. The average molecular weight is 350 g/mol. The molecular weight excluding hydrogens is 336 g/mol. The van der Waals surface area contributed by atoms with Crippen LogP contribution in [0.2, 0.25) is 0 Å². The van der Waals surface area contributed by atoms with E-state index in [2.05, 4.69) is 4.98 Å². The Bertz CT molecular complexity index is 1160. The summed E-state index contributed by atoms with van der Waals surface area (Å²) < 4.78 is 6.44. The molecule has 0 spiro atoms. The van der Waals surface area contributed by atoms with Crippen molar-refractivity contribution in [1.82, 2.24) is 9.55 Å². The summed E-state index contributed by atoms with van der Waals surface area (Å²) in [5, 5.41) is 20.9. The number of benzene rings is 1. The van der Waals surface area contributed by atoms with Crippen LogP contribution in [0.15, 0.2) is 35.1 Å². The summed E-state index contributed by atoms with van der Waals surface area (Å²) >= 11 is 0. The number of carbonyl (C=O) groups excluding carboxylic acids is 1. The molecule has 130 valence electrons. The summed E-state index contributed by atoms with van der Waals surface area (Å²) in [4.78, 5) is 29.2. The molecule has 1 atom stereocenters. The molecule has 4 heterocycles. The van der Waals surface area contributed by atoms with E-state index in [0.717, 1.165) is 16.5 Å². The molecule has 2 aliphatic heterocycles. The number of hydrogen-bond acceptors (Lipinski definition) is 6. The van der Waals surface area contributed by atoms with Crippen molar-refractivity contribution < 1.29 is 19.7 Å². The van der Waals surface area contributed by atoms with Crippen LogP contribution in [0, 0.1) is 0 Å². The number of rotatable bonds is 1. The van der Waals surface area contributed by atoms with Crippen molar-refractivity contribution >= 4 is 16.9 Å². The van der Waals surface area contributed by atoms with E-state index in [4.69, 9.17) is 4.74 Å². The van der Waals surface area contributed by atoms with E-state index in [1.807, 2.05) is 24.3 Å². The number of carbonyl (C=O) groups is 1. The van der Waals surface area contributed by atoms with Gasteiger partial charge in [-0.15, -0.1) is 0 Å². The van der Waals surface area contributed by atoms with Gasteiger partial charge in [-0.25, -0.2) is 9.78 Å². The van der Waals surface area contributed by atoms with Crippen LogP contribution >= 0.6 is 0 Å². The smallest absolute Gasteiger partial charge is 0.340 e. The standard InChI is InChI=1S/C19H14N2O5/c22-7-12-9-3-1-2-4-14(9)20-16-11(12)6-21-15(16)5-10-13(18(21)24)8-26-19(25)17(10)23/h1-5,17,22-23H,6-8H2. The topological polar surface area (TPSA) is 102 Å². The van der Waals surface area contributed by atoms with E-state index in [1.165, 1.54) is 0 Å². The van der Waals surface area contributed by atoms with Crippen LogP contribution in [0.3, 0.4) is 0 Å². The van der Waals surface area contributed by atoms with E-state index in [0.29, 0.717) is 16.9 Å². The van der Waals surface area contributed by atoms with Crippen molar-refractivity contribution in [2.75, 3.05) is 0 Å². The highest BCUT2D eigenvalue weighted by Gasteiger charge is 2.34. The Balaban J connectivity index is 1.84. The van der Waals surface area contributed by atoms with Gasteiger partial charge in [-0.2, -0.15) is 0 Å². The molecule has 3 aromatic rings. The Morgan fingerprint density at radius 2 is 2.04 bits per heavy atom. The molecule has 0 fully saturated rings. The number of cyclic esters (lactones) is 1. The molecule has 5 rings (SSSR count). The van der Waals surface area contributed by atoms with Gasteiger partial charge in [0.05, 0.1) is 35.6 Å². The first kappa shape index (κ1) is 15.2. The fourth-order valence-corrected chi connectivity index (χ4v) is 3.84. The van der Waals surface area contributed by atoms with Crippen LogP contribution in [-0.2, 0) is 29.3 Å². The summed E-state index contributed by atoms with van der Waals surface area (Å²) in [7, 11) is 0. The molecule has 7 heteroatoms. The number of ether oxygens (including phenoxy) is 1. The lowest BCUT2D eigenvalue weighted by Crippen LogP contribution is -2.32. The lowest BCUT2D eigenvalue weighted by molar-refractivity contribution is -0.157. The molecule has 0 aliphatic carbocycles. The second kappa shape index (κ2) is 5.23. The van der Waals surface area contributed by atoms with E-state index in [9.17, 15) is 19.8 Å². The third-order valence-corrected chi connectivity index (χ3v) is 5.14. The fraction of sp³-hybridized carbons (Fsp3) is 0.211. The van der Waals surface area contributed by atoms with Crippen LogP contribution in [0.4, 0.5) is 0 Å². The van der Waals surface area contributed by atoms with E-state index in [1.54, 1.807) is 10.6 Å². The maximum Gasteiger partial charge on any atom is 0.340 e. The number of para-hydroxylation sites is 1. The number of aliphatic hydroxyl groups excluding tert-OH is 2. The first-order valence-electron chi connectivity index (χ1n) is 8.23. The summed E-state index contributed by atoms with van der Waals surface area (Å²) in [5.41, 5.74) is 3.61. The van der Waals surface area contributed by atoms with Gasteiger partial charge in [-0.1, -0.05) is 18.2 Å². The molecule has 2 N–H and O–H groups in total. The molecule has 26 heavy (non-hydrogen) atoms. The predicted octanol–water partition coefficient (Wildman–Crippen LogP) is 1.01. The van der Waals surface area contributed by atoms with Gasteiger partial charge in [0.15, 0.2) is 6.10 Å². The third kappa shape index (κ3) is 1.86. The Kier molecular flexibility index (Phi) is 3.07. The Labute approximate surface area is 147 Å². The summed E-state index contributed by atoms with van der Waals surface area (Å²) in [5.74, 6) is -0.761. The van der Waals surface area contributed by atoms with Crippen LogP contribution in [0.25, 0.3) is 22.3 Å². The second-order valence-corrected chi connectivity index (χ2v) is 6.46. The first-order chi connectivity index (χ1) is 12.6. The number of pyridine rings is 2. The van der Waals surface area contributed by atoms with E-state index in [-0.39, 0.29) is 36.4 Å². The van der Waals surface area contributed by atoms with Gasteiger partial charge in [0.25, 0.3) is 5.56 Å². The van der Waals surface area contributed by atoms with Crippen molar-refractivity contribution in [2.24, 2.45) is 0 Å². The van der Waals surface area contributed by atoms with Gasteiger partial charge in [0.1, 0.15) is 6.61 Å². The maximum absolute atomic E-state index is 12.9. The molecule has 1 aromatic carbocycles. The summed E-state index contributed by atoms with van der Waals surface area (Å²) in [6.45, 7) is -0.0322. The minimum atomic E-state index is -1.47. The molecule has 1 unspecified atom stereocenters. The van der Waals surface area contributed by atoms with Gasteiger partial charge in [-0.05, 0) is 17.7 Å². The quantitative estimate of drug-likeness (QED) is 0.497. The number of aromatic nitrogens is 2. The van der Waals surface area contributed by atoms with Crippen LogP contribution in [0.5, 0.6) is 0 Å². The fourth-order valence-electron chi connectivity index (χ4n) is 3.84. The minimum absolute atomic E-state index is 0.150. The molecule has 2 aromatic heterocycles. The third-order valence-electron chi connectivity index (χ3n) is 5.14. The second-order valence-electron chi connectivity index (χ2n) is 6.46. The maximum atomic E-state index is 12.9. The van der Waals surface area contributed by atoms with Crippen LogP contribution in [-0.4, -0.2) is 25.7 Å². The normalized spacial score (nSPS) is 17.6. The highest BCUT2D eigenvalue weighted by Crippen LogP contribution is 2.37. The molecule has 7 nitrogen and oxygen atoms in total. The van der Waals surface area contributed by atoms with E-state index < -0.39 is 12.1 Å². The molecule has 0 saturated heterocycles. The number of aliphatic hydroxyl groups is 2. The summed E-state index contributed by atoms with van der Waals surface area (Å²) in [6.07, 6.45) is -1.47. The molecule has 2 aliphatic rings. The molecule has 0 bridgehead atoms. The molecule has 0 amide bonds. The van der Waals surface area contributed by atoms with Crippen LogP contribution in [0.1, 0.15) is 28.4 Å². The molecule has 0 radical (unpaired) electrons. The largest absolute Gasteiger partial charge is 0.458 e. The monoisotopic (exact) mass is 350 g/mol. The van der Waals surface area contributed by atoms with Gasteiger partial charge in [0, 0.05) is 16.5 Å². The van der Waals surface area contributed by atoms with Gasteiger partial charge >= 0.3 is 5.97 Å². The zero-order valence-corrected chi connectivity index (χ0v) is 13.6. The van der Waals surface area contributed by atoms with Crippen molar-refractivity contribution in [3.8, 4) is 11.4 Å². The van der Waals surface area contributed by atoms with Gasteiger partial charge in [-0.3, -0.25) is 4.79 Å². The Hall–Kier alpha value is -3.03. The van der Waals surface area contributed by atoms with Gasteiger partial charge in [0.2, 0.25) is 0 Å². The number of nitrogens with zero attached hydrogens (tertiary/aromatic N) is 2. The SMILES string of the molecule is O=C1OCc2c(cc3n(c2=O)Cc2c-3nc3ccccc3c2CO)C1O. The number of hydrogen-bond donors (Lipinski definition) is 2. The summed E-state index contributed by atoms with van der Waals surface area (Å²) in [6, 6.07) is 9.11. The van der Waals surface area contributed by atoms with Crippen molar-refractivity contribution in [1.29, 1.82) is 0 Å². The van der Waals surface area contributed by atoms with Crippen molar-refractivity contribution in [3.63, 3.8) is 0 Å². The molecular formula is C19H14N2O5. The highest BCUT2D eigenvalue weighted by molar-refractivity contribution is 5.88. The molecule has 0 saturated carbocycles. The van der Waals surface area contributed by atoms with Crippen molar-refractivity contribution in [3.05, 3.63) is 62.9 Å². The zero-order chi connectivity index (χ0) is 18.0. The highest BCUT2D eigenvalue weighted by atomic mass is 16.5. The minimum Gasteiger partial charge on any atom is -0.458 e. The average Bonchev–Trinajstić information content (AvgIpc) is 3.02. The number of esters is 1. The number of fused-ring (bicyclic) bond motifs is 5. The van der Waals surface area contributed by atoms with E-state index >= 15 is 0 Å².